The van der Waals surface area contributed by atoms with Crippen LogP contribution < -0.4 is 10.7 Å². The van der Waals surface area contributed by atoms with E-state index in [2.05, 4.69) is 10.4 Å². The monoisotopic (exact) mass is 419 g/mol. The van der Waals surface area contributed by atoms with Gasteiger partial charge >= 0.3 is 6.18 Å². The molecule has 1 heterocycles. The Kier molecular flexibility index (Phi) is 5.73. The van der Waals surface area contributed by atoms with Crippen molar-refractivity contribution in [1.29, 1.82) is 0 Å². The fourth-order valence-electron chi connectivity index (χ4n) is 2.88. The molecule has 156 valence electrons. The average molecular weight is 419 g/mol. The minimum atomic E-state index is -4.55. The number of amides is 1. The smallest absolute Gasteiger partial charge is 0.344 e. The van der Waals surface area contributed by atoms with Crippen LogP contribution in [0.5, 0.6) is 0 Å². The number of hydrogen-bond donors (Lipinski definition) is 1. The number of nitrogens with zero attached hydrogens (tertiary/aromatic N) is 2. The van der Waals surface area contributed by atoms with Gasteiger partial charge in [0.1, 0.15) is 5.82 Å². The largest absolute Gasteiger partial charge is 0.416 e. The van der Waals surface area contributed by atoms with Gasteiger partial charge in [0.25, 0.3) is 5.91 Å². The van der Waals surface area contributed by atoms with E-state index >= 15 is 0 Å². The summed E-state index contributed by atoms with van der Waals surface area (Å²) in [6.45, 7) is 3.14. The van der Waals surface area contributed by atoms with Gasteiger partial charge in [-0.05, 0) is 49.7 Å². The van der Waals surface area contributed by atoms with E-state index in [4.69, 9.17) is 0 Å². The molecule has 0 saturated heterocycles. The Bertz CT molecular complexity index is 1140. The molecule has 0 aliphatic rings. The highest BCUT2D eigenvalue weighted by Crippen LogP contribution is 2.30. The summed E-state index contributed by atoms with van der Waals surface area (Å²) in [5.74, 6) is -1.22. The molecule has 1 amide bonds. The molecule has 1 N–H and O–H groups in total. The lowest BCUT2D eigenvalue weighted by atomic mass is 10.1. The molecular weight excluding hydrogens is 402 g/mol. The van der Waals surface area contributed by atoms with Gasteiger partial charge in [-0.2, -0.15) is 18.3 Å². The highest BCUT2D eigenvalue weighted by molar-refractivity contribution is 5.92. The van der Waals surface area contributed by atoms with E-state index in [9.17, 15) is 27.2 Å². The summed E-state index contributed by atoms with van der Waals surface area (Å²) in [7, 11) is 0. The first-order valence-electron chi connectivity index (χ1n) is 8.91. The number of aromatic nitrogens is 2. The summed E-state index contributed by atoms with van der Waals surface area (Å²) in [4.78, 5) is 24.9. The van der Waals surface area contributed by atoms with Crippen molar-refractivity contribution in [2.75, 3.05) is 0 Å². The lowest BCUT2D eigenvalue weighted by molar-refractivity contribution is -0.137. The molecule has 0 radical (unpaired) electrons. The Morgan fingerprint density at radius 3 is 2.40 bits per heavy atom. The normalized spacial score (nSPS) is 12.5. The SMILES string of the molecule is Cc1cc(=O)c(C(=O)NC(C)c2ccc(F)cc2)nn1-c1cccc(C(F)(F)F)c1. The molecule has 0 saturated carbocycles. The zero-order valence-corrected chi connectivity index (χ0v) is 16.0. The topological polar surface area (TPSA) is 64.0 Å². The van der Waals surface area contributed by atoms with Gasteiger partial charge in [0.15, 0.2) is 5.69 Å². The number of alkyl halides is 3. The van der Waals surface area contributed by atoms with E-state index < -0.39 is 40.6 Å². The summed E-state index contributed by atoms with van der Waals surface area (Å²) in [5, 5.41) is 6.58. The number of nitrogens with one attached hydrogen (secondary N) is 1. The van der Waals surface area contributed by atoms with Gasteiger partial charge in [-0.1, -0.05) is 18.2 Å². The molecule has 30 heavy (non-hydrogen) atoms. The summed E-state index contributed by atoms with van der Waals surface area (Å²) in [5.41, 5.74) is -1.08. The van der Waals surface area contributed by atoms with Gasteiger partial charge in [0, 0.05) is 11.8 Å². The maximum atomic E-state index is 13.1. The van der Waals surface area contributed by atoms with E-state index in [1.165, 1.54) is 43.3 Å². The van der Waals surface area contributed by atoms with Gasteiger partial charge in [0.2, 0.25) is 5.43 Å². The summed E-state index contributed by atoms with van der Waals surface area (Å²) < 4.78 is 53.2. The van der Waals surface area contributed by atoms with Crippen LogP contribution in [0, 0.1) is 12.7 Å². The fourth-order valence-corrected chi connectivity index (χ4v) is 2.88. The number of rotatable bonds is 4. The molecule has 2 aromatic carbocycles. The van der Waals surface area contributed by atoms with Crippen molar-refractivity contribution in [3.05, 3.63) is 93.2 Å². The van der Waals surface area contributed by atoms with Crippen LogP contribution in [-0.4, -0.2) is 15.7 Å². The third-order valence-corrected chi connectivity index (χ3v) is 4.46. The van der Waals surface area contributed by atoms with E-state index in [0.29, 0.717) is 5.56 Å². The van der Waals surface area contributed by atoms with Crippen LogP contribution in [0.2, 0.25) is 0 Å². The van der Waals surface area contributed by atoms with Crippen LogP contribution >= 0.6 is 0 Å². The predicted octanol–water partition coefficient (Wildman–Crippen LogP) is 4.19. The van der Waals surface area contributed by atoms with Crippen molar-refractivity contribution in [2.24, 2.45) is 0 Å². The van der Waals surface area contributed by atoms with Gasteiger partial charge < -0.3 is 5.32 Å². The molecule has 3 aromatic rings. The molecule has 0 fully saturated rings. The maximum absolute atomic E-state index is 13.1. The minimum absolute atomic E-state index is 0.0583. The van der Waals surface area contributed by atoms with Crippen molar-refractivity contribution in [1.82, 2.24) is 15.1 Å². The van der Waals surface area contributed by atoms with Crippen molar-refractivity contribution < 1.29 is 22.4 Å². The lowest BCUT2D eigenvalue weighted by Gasteiger charge is -2.16. The Morgan fingerprint density at radius 1 is 1.10 bits per heavy atom. The molecule has 1 unspecified atom stereocenters. The lowest BCUT2D eigenvalue weighted by Crippen LogP contribution is -2.33. The number of benzene rings is 2. The first-order valence-corrected chi connectivity index (χ1v) is 8.91. The number of carbonyl (C=O) groups excluding carboxylic acids is 1. The predicted molar refractivity (Wildman–Crippen MR) is 102 cm³/mol. The molecule has 0 aliphatic carbocycles. The number of halogens is 4. The maximum Gasteiger partial charge on any atom is 0.416 e. The molecule has 0 aliphatic heterocycles. The van der Waals surface area contributed by atoms with Crippen LogP contribution in [0.15, 0.2) is 59.4 Å². The third kappa shape index (κ3) is 4.56. The highest BCUT2D eigenvalue weighted by Gasteiger charge is 2.30. The first-order chi connectivity index (χ1) is 14.1. The van der Waals surface area contributed by atoms with Crippen LogP contribution in [0.25, 0.3) is 5.69 Å². The molecule has 3 rings (SSSR count). The molecule has 5 nitrogen and oxygen atoms in total. The summed E-state index contributed by atoms with van der Waals surface area (Å²) in [6, 6.07) is 10.4. The van der Waals surface area contributed by atoms with Gasteiger partial charge in [-0.15, -0.1) is 0 Å². The minimum Gasteiger partial charge on any atom is -0.344 e. The molecule has 0 bridgehead atoms. The Hall–Kier alpha value is -3.49. The van der Waals surface area contributed by atoms with Crippen LogP contribution in [-0.2, 0) is 6.18 Å². The van der Waals surface area contributed by atoms with Crippen molar-refractivity contribution in [3.63, 3.8) is 0 Å². The van der Waals surface area contributed by atoms with Crippen molar-refractivity contribution in [3.8, 4) is 5.69 Å². The van der Waals surface area contributed by atoms with E-state index in [1.54, 1.807) is 6.92 Å². The second-order valence-corrected chi connectivity index (χ2v) is 6.71. The Labute approximate surface area is 169 Å². The van der Waals surface area contributed by atoms with Gasteiger partial charge in [-0.25, -0.2) is 9.07 Å². The Balaban J connectivity index is 1.94. The highest BCUT2D eigenvalue weighted by atomic mass is 19.4. The molecule has 1 atom stereocenters. The number of aryl methyl sites for hydroxylation is 1. The van der Waals surface area contributed by atoms with E-state index in [1.807, 2.05) is 0 Å². The van der Waals surface area contributed by atoms with Crippen LogP contribution in [0.3, 0.4) is 0 Å². The summed E-state index contributed by atoms with van der Waals surface area (Å²) >= 11 is 0. The van der Waals surface area contributed by atoms with Gasteiger partial charge in [-0.3, -0.25) is 9.59 Å². The zero-order chi connectivity index (χ0) is 22.1. The quantitative estimate of drug-likeness (QED) is 0.645. The standard InChI is InChI=1S/C21H17F4N3O2/c1-12-10-18(29)19(20(30)26-13(2)14-6-8-16(22)9-7-14)27-28(12)17-5-3-4-15(11-17)21(23,24)25/h3-11,13H,1-2H3,(H,26,30). The second kappa shape index (κ2) is 8.10. The van der Waals surface area contributed by atoms with Crippen LogP contribution in [0.1, 0.15) is 40.3 Å². The van der Waals surface area contributed by atoms with E-state index in [0.717, 1.165) is 22.9 Å². The van der Waals surface area contributed by atoms with Crippen molar-refractivity contribution >= 4 is 5.91 Å². The Morgan fingerprint density at radius 2 is 1.77 bits per heavy atom. The summed E-state index contributed by atoms with van der Waals surface area (Å²) in [6.07, 6.45) is -4.55. The number of hydrogen-bond acceptors (Lipinski definition) is 3. The van der Waals surface area contributed by atoms with Crippen molar-refractivity contribution in [2.45, 2.75) is 26.1 Å². The fraction of sp³-hybridized carbons (Fsp3) is 0.190. The molecular formula is C21H17F4N3O2. The third-order valence-electron chi connectivity index (χ3n) is 4.46. The molecule has 1 aromatic heterocycles. The zero-order valence-electron chi connectivity index (χ0n) is 16.0. The van der Waals surface area contributed by atoms with E-state index in [-0.39, 0.29) is 11.4 Å². The molecule has 0 spiro atoms. The average Bonchev–Trinajstić information content (AvgIpc) is 2.68. The number of carbonyl (C=O) groups is 1. The second-order valence-electron chi connectivity index (χ2n) is 6.71. The van der Waals surface area contributed by atoms with Gasteiger partial charge in [0.05, 0.1) is 17.3 Å². The molecule has 9 heteroatoms. The van der Waals surface area contributed by atoms with Crippen LogP contribution in [0.4, 0.5) is 17.6 Å². The first kappa shape index (κ1) is 21.2.